The maximum absolute atomic E-state index is 3.22. The zero-order chi connectivity index (χ0) is 6.95. The van der Waals surface area contributed by atoms with Gasteiger partial charge in [0.2, 0.25) is 0 Å². The molecule has 0 aliphatic heterocycles. The molecule has 0 fully saturated rings. The Morgan fingerprint density at radius 1 is 1.22 bits per heavy atom. The summed E-state index contributed by atoms with van der Waals surface area (Å²) in [7, 11) is 0. The minimum atomic E-state index is 1.02. The Labute approximate surface area is 58.2 Å². The van der Waals surface area contributed by atoms with Crippen LogP contribution in [0.2, 0.25) is 0 Å². The molecule has 0 aliphatic rings. The zero-order valence-corrected chi connectivity index (χ0v) is 6.48. The fourth-order valence-electron chi connectivity index (χ4n) is 0.596. The molecule has 0 aliphatic carbocycles. The molecule has 0 aromatic carbocycles. The van der Waals surface area contributed by atoms with Crippen molar-refractivity contribution in [3.63, 3.8) is 0 Å². The standard InChI is InChI=1S/C8H17N/c1-3-5-6-7-8-9-4-2/h6-7,9H,3-5,8H2,1-2H3. The molecule has 0 heterocycles. The first-order valence-corrected chi connectivity index (χ1v) is 3.77. The van der Waals surface area contributed by atoms with Crippen LogP contribution in [0, 0.1) is 0 Å². The average molecular weight is 127 g/mol. The molecule has 1 nitrogen and oxygen atoms in total. The summed E-state index contributed by atoms with van der Waals surface area (Å²) < 4.78 is 0. The van der Waals surface area contributed by atoms with Crippen LogP contribution in [-0.2, 0) is 0 Å². The summed E-state index contributed by atoms with van der Waals surface area (Å²) in [5.41, 5.74) is 0. The Morgan fingerprint density at radius 3 is 2.56 bits per heavy atom. The Morgan fingerprint density at radius 2 is 2.00 bits per heavy atom. The van der Waals surface area contributed by atoms with Gasteiger partial charge in [-0.2, -0.15) is 0 Å². The zero-order valence-electron chi connectivity index (χ0n) is 6.48. The highest BCUT2D eigenvalue weighted by atomic mass is 14.8. The van der Waals surface area contributed by atoms with Crippen LogP contribution in [0.4, 0.5) is 0 Å². The summed E-state index contributed by atoms with van der Waals surface area (Å²) >= 11 is 0. The van der Waals surface area contributed by atoms with Crippen LogP contribution in [0.1, 0.15) is 26.7 Å². The Hall–Kier alpha value is -0.300. The highest BCUT2D eigenvalue weighted by Gasteiger charge is 1.73. The molecule has 0 aromatic rings. The third-order valence-corrected chi connectivity index (χ3v) is 1.13. The molecule has 0 radical (unpaired) electrons. The third kappa shape index (κ3) is 7.70. The Bertz CT molecular complexity index is 67.0. The van der Waals surface area contributed by atoms with Crippen LogP contribution >= 0.6 is 0 Å². The number of likely N-dealkylation sites (N-methyl/N-ethyl adjacent to an activating group) is 1. The Balaban J connectivity index is 2.86. The summed E-state index contributed by atoms with van der Waals surface area (Å²) in [6.07, 6.45) is 6.88. The van der Waals surface area contributed by atoms with Crippen molar-refractivity contribution in [3.05, 3.63) is 12.2 Å². The maximum Gasteiger partial charge on any atom is 0.0134 e. The van der Waals surface area contributed by atoms with E-state index < -0.39 is 0 Å². The van der Waals surface area contributed by atoms with Crippen molar-refractivity contribution >= 4 is 0 Å². The van der Waals surface area contributed by atoms with Gasteiger partial charge in [0, 0.05) is 6.54 Å². The van der Waals surface area contributed by atoms with Gasteiger partial charge in [-0.3, -0.25) is 0 Å². The first-order chi connectivity index (χ1) is 4.41. The van der Waals surface area contributed by atoms with Crippen LogP contribution in [0.3, 0.4) is 0 Å². The molecular formula is C8H17N. The van der Waals surface area contributed by atoms with E-state index in [0.717, 1.165) is 13.1 Å². The monoisotopic (exact) mass is 127 g/mol. The van der Waals surface area contributed by atoms with E-state index in [9.17, 15) is 0 Å². The van der Waals surface area contributed by atoms with Gasteiger partial charge < -0.3 is 5.32 Å². The first kappa shape index (κ1) is 8.70. The lowest BCUT2D eigenvalue weighted by Crippen LogP contribution is -2.11. The van der Waals surface area contributed by atoms with E-state index in [1.54, 1.807) is 0 Å². The quantitative estimate of drug-likeness (QED) is 0.439. The molecule has 0 atom stereocenters. The second-order valence-electron chi connectivity index (χ2n) is 2.07. The van der Waals surface area contributed by atoms with Gasteiger partial charge in [-0.1, -0.05) is 32.4 Å². The normalized spacial score (nSPS) is 10.9. The summed E-state index contributed by atoms with van der Waals surface area (Å²) in [6, 6.07) is 0. The highest BCUT2D eigenvalue weighted by molar-refractivity contribution is 4.82. The van der Waals surface area contributed by atoms with Crippen molar-refractivity contribution in [3.8, 4) is 0 Å². The van der Waals surface area contributed by atoms with Crippen molar-refractivity contribution in [1.29, 1.82) is 0 Å². The second-order valence-corrected chi connectivity index (χ2v) is 2.07. The van der Waals surface area contributed by atoms with E-state index in [1.165, 1.54) is 12.8 Å². The van der Waals surface area contributed by atoms with E-state index >= 15 is 0 Å². The number of rotatable bonds is 5. The molecule has 0 rings (SSSR count). The molecule has 0 spiro atoms. The van der Waals surface area contributed by atoms with Crippen LogP contribution in [0.5, 0.6) is 0 Å². The van der Waals surface area contributed by atoms with Gasteiger partial charge in [0.1, 0.15) is 0 Å². The van der Waals surface area contributed by atoms with Gasteiger partial charge in [0.25, 0.3) is 0 Å². The van der Waals surface area contributed by atoms with Crippen molar-refractivity contribution in [1.82, 2.24) is 5.32 Å². The minimum Gasteiger partial charge on any atom is -0.314 e. The largest absolute Gasteiger partial charge is 0.314 e. The van der Waals surface area contributed by atoms with Crippen molar-refractivity contribution < 1.29 is 0 Å². The maximum atomic E-state index is 3.22. The van der Waals surface area contributed by atoms with E-state index in [2.05, 4.69) is 31.3 Å². The van der Waals surface area contributed by atoms with E-state index in [0.29, 0.717) is 0 Å². The van der Waals surface area contributed by atoms with Gasteiger partial charge in [0.05, 0.1) is 0 Å². The molecular weight excluding hydrogens is 110 g/mol. The lowest BCUT2D eigenvalue weighted by molar-refractivity contribution is 0.795. The molecule has 0 saturated carbocycles. The fourth-order valence-corrected chi connectivity index (χ4v) is 0.596. The van der Waals surface area contributed by atoms with Crippen LogP contribution in [0.15, 0.2) is 12.2 Å². The molecule has 0 unspecified atom stereocenters. The fraction of sp³-hybridized carbons (Fsp3) is 0.750. The first-order valence-electron chi connectivity index (χ1n) is 3.77. The predicted molar refractivity (Wildman–Crippen MR) is 42.6 cm³/mol. The van der Waals surface area contributed by atoms with Gasteiger partial charge >= 0.3 is 0 Å². The van der Waals surface area contributed by atoms with Gasteiger partial charge in [-0.05, 0) is 13.0 Å². The van der Waals surface area contributed by atoms with Gasteiger partial charge in [-0.25, -0.2) is 0 Å². The van der Waals surface area contributed by atoms with Crippen molar-refractivity contribution in [2.75, 3.05) is 13.1 Å². The minimum absolute atomic E-state index is 1.02. The Kier molecular flexibility index (Phi) is 7.44. The number of allylic oxidation sites excluding steroid dienone is 1. The number of hydrogen-bond acceptors (Lipinski definition) is 1. The van der Waals surface area contributed by atoms with Crippen LogP contribution in [0.25, 0.3) is 0 Å². The number of hydrogen-bond donors (Lipinski definition) is 1. The SMILES string of the molecule is CCCC=CCNCC. The molecule has 1 heteroatoms. The molecule has 0 aromatic heterocycles. The number of nitrogens with one attached hydrogen (secondary N) is 1. The van der Waals surface area contributed by atoms with Gasteiger partial charge in [-0.15, -0.1) is 0 Å². The van der Waals surface area contributed by atoms with Crippen LogP contribution < -0.4 is 5.32 Å². The molecule has 0 amide bonds. The number of unbranched alkanes of at least 4 members (excludes halogenated alkanes) is 1. The van der Waals surface area contributed by atoms with E-state index in [-0.39, 0.29) is 0 Å². The van der Waals surface area contributed by atoms with Crippen molar-refractivity contribution in [2.45, 2.75) is 26.7 Å². The van der Waals surface area contributed by atoms with E-state index in [1.807, 2.05) is 0 Å². The third-order valence-electron chi connectivity index (χ3n) is 1.13. The van der Waals surface area contributed by atoms with Crippen LogP contribution in [-0.4, -0.2) is 13.1 Å². The second kappa shape index (κ2) is 7.70. The molecule has 9 heavy (non-hydrogen) atoms. The lowest BCUT2D eigenvalue weighted by atomic mass is 10.3. The molecule has 0 saturated heterocycles. The molecule has 54 valence electrons. The summed E-state index contributed by atoms with van der Waals surface area (Å²) in [4.78, 5) is 0. The predicted octanol–water partition coefficient (Wildman–Crippen LogP) is 1.95. The summed E-state index contributed by atoms with van der Waals surface area (Å²) in [5.74, 6) is 0. The topological polar surface area (TPSA) is 12.0 Å². The van der Waals surface area contributed by atoms with Crippen molar-refractivity contribution in [2.24, 2.45) is 0 Å². The average Bonchev–Trinajstić information content (AvgIpc) is 1.89. The van der Waals surface area contributed by atoms with E-state index in [4.69, 9.17) is 0 Å². The smallest absolute Gasteiger partial charge is 0.0134 e. The van der Waals surface area contributed by atoms with Gasteiger partial charge in [0.15, 0.2) is 0 Å². The summed E-state index contributed by atoms with van der Waals surface area (Å²) in [5, 5.41) is 3.22. The molecule has 0 bridgehead atoms. The highest BCUT2D eigenvalue weighted by Crippen LogP contribution is 1.86. The lowest BCUT2D eigenvalue weighted by Gasteiger charge is -1.91. The summed E-state index contributed by atoms with van der Waals surface area (Å²) in [6.45, 7) is 6.40. The molecule has 1 N–H and O–H groups in total.